The van der Waals surface area contributed by atoms with E-state index in [0.29, 0.717) is 13.1 Å². The van der Waals surface area contributed by atoms with E-state index >= 15 is 0 Å². The van der Waals surface area contributed by atoms with E-state index in [1.54, 1.807) is 6.92 Å². The van der Waals surface area contributed by atoms with Gasteiger partial charge >= 0.3 is 0 Å². The second kappa shape index (κ2) is 4.14. The van der Waals surface area contributed by atoms with E-state index in [2.05, 4.69) is 0 Å². The minimum atomic E-state index is -2.90. The van der Waals surface area contributed by atoms with Crippen LogP contribution in [0.1, 0.15) is 6.92 Å². The minimum Gasteiger partial charge on any atom is -0.394 e. The first kappa shape index (κ1) is 11.9. The third-order valence-corrected chi connectivity index (χ3v) is 4.40. The van der Waals surface area contributed by atoms with E-state index in [1.165, 1.54) is 0 Å². The smallest absolute Gasteiger partial charge is 0.152 e. The van der Waals surface area contributed by atoms with Gasteiger partial charge in [0.1, 0.15) is 0 Å². The van der Waals surface area contributed by atoms with Crippen molar-refractivity contribution in [1.29, 1.82) is 0 Å². The van der Waals surface area contributed by atoms with Crippen LogP contribution in [-0.2, 0) is 9.84 Å². The van der Waals surface area contributed by atoms with E-state index in [9.17, 15) is 8.42 Å². The van der Waals surface area contributed by atoms with Gasteiger partial charge in [-0.1, -0.05) is 0 Å². The molecule has 84 valence electrons. The van der Waals surface area contributed by atoms with Gasteiger partial charge in [0.15, 0.2) is 9.84 Å². The Labute approximate surface area is 84.3 Å². The summed E-state index contributed by atoms with van der Waals surface area (Å²) < 4.78 is 22.3. The van der Waals surface area contributed by atoms with Crippen LogP contribution in [0.5, 0.6) is 0 Å². The van der Waals surface area contributed by atoms with Crippen LogP contribution in [0.3, 0.4) is 0 Å². The average molecular weight is 223 g/mol. The molecular formula is C8H17NO4S. The molecule has 1 rings (SSSR count). The molecule has 0 aromatic carbocycles. The molecule has 0 bridgehead atoms. The summed E-state index contributed by atoms with van der Waals surface area (Å²) in [5.41, 5.74) is -0.698. The summed E-state index contributed by atoms with van der Waals surface area (Å²) in [7, 11) is -2.90. The topological polar surface area (TPSA) is 77.8 Å². The number of rotatable bonds is 3. The van der Waals surface area contributed by atoms with Crippen LogP contribution in [0.2, 0.25) is 0 Å². The molecule has 14 heavy (non-hydrogen) atoms. The maximum absolute atomic E-state index is 11.1. The predicted octanol–water partition coefficient (Wildman–Crippen LogP) is -1.54. The molecule has 0 aromatic rings. The third-order valence-electron chi connectivity index (χ3n) is 2.79. The van der Waals surface area contributed by atoms with Gasteiger partial charge in [0.2, 0.25) is 0 Å². The molecule has 5 nitrogen and oxygen atoms in total. The number of hydrogen-bond acceptors (Lipinski definition) is 5. The summed E-state index contributed by atoms with van der Waals surface area (Å²) in [5, 5.41) is 18.2. The van der Waals surface area contributed by atoms with Gasteiger partial charge in [0, 0.05) is 13.1 Å². The molecule has 1 aliphatic rings. The Kier molecular flexibility index (Phi) is 3.52. The van der Waals surface area contributed by atoms with Gasteiger partial charge in [0.05, 0.1) is 30.3 Å². The second-order valence-electron chi connectivity index (χ2n) is 3.95. The van der Waals surface area contributed by atoms with Crippen molar-refractivity contribution in [1.82, 2.24) is 4.90 Å². The summed E-state index contributed by atoms with van der Waals surface area (Å²) >= 11 is 0. The fraction of sp³-hybridized carbons (Fsp3) is 1.00. The molecule has 1 saturated heterocycles. The van der Waals surface area contributed by atoms with Crippen LogP contribution in [0.15, 0.2) is 0 Å². The fourth-order valence-electron chi connectivity index (χ4n) is 1.50. The first-order valence-corrected chi connectivity index (χ1v) is 6.43. The molecule has 0 aromatic heterocycles. The van der Waals surface area contributed by atoms with E-state index in [0.717, 1.165) is 0 Å². The summed E-state index contributed by atoms with van der Waals surface area (Å²) in [6, 6.07) is 0. The van der Waals surface area contributed by atoms with Crippen LogP contribution >= 0.6 is 0 Å². The summed E-state index contributed by atoms with van der Waals surface area (Å²) in [6.45, 7) is 2.18. The molecule has 0 spiro atoms. The Morgan fingerprint density at radius 3 is 2.00 bits per heavy atom. The van der Waals surface area contributed by atoms with Crippen LogP contribution < -0.4 is 0 Å². The Bertz CT molecular complexity index is 270. The van der Waals surface area contributed by atoms with Crippen molar-refractivity contribution < 1.29 is 18.6 Å². The van der Waals surface area contributed by atoms with Gasteiger partial charge in [0.25, 0.3) is 0 Å². The SMILES string of the molecule is CC(CO)(CO)N1CCS(=O)(=O)CC1. The number of aliphatic hydroxyl groups is 2. The highest BCUT2D eigenvalue weighted by atomic mass is 32.2. The maximum atomic E-state index is 11.1. The normalized spacial score (nSPS) is 23.6. The molecular weight excluding hydrogens is 206 g/mol. The molecule has 0 unspecified atom stereocenters. The molecule has 0 saturated carbocycles. The lowest BCUT2D eigenvalue weighted by Crippen LogP contribution is -2.57. The van der Waals surface area contributed by atoms with Gasteiger partial charge in [-0.25, -0.2) is 8.42 Å². The van der Waals surface area contributed by atoms with Gasteiger partial charge < -0.3 is 10.2 Å². The first-order chi connectivity index (χ1) is 6.43. The fourth-order valence-corrected chi connectivity index (χ4v) is 2.70. The quantitative estimate of drug-likeness (QED) is 0.606. The van der Waals surface area contributed by atoms with Crippen LogP contribution in [0.25, 0.3) is 0 Å². The van der Waals surface area contributed by atoms with Crippen molar-refractivity contribution >= 4 is 9.84 Å². The van der Waals surface area contributed by atoms with Crippen molar-refractivity contribution in [3.8, 4) is 0 Å². The van der Waals surface area contributed by atoms with Gasteiger partial charge in [-0.15, -0.1) is 0 Å². The molecule has 6 heteroatoms. The third kappa shape index (κ3) is 2.44. The minimum absolute atomic E-state index is 0.114. The van der Waals surface area contributed by atoms with Gasteiger partial charge in [-0.05, 0) is 6.92 Å². The zero-order chi connectivity index (χ0) is 10.8. The van der Waals surface area contributed by atoms with Gasteiger partial charge in [-0.2, -0.15) is 0 Å². The lowest BCUT2D eigenvalue weighted by Gasteiger charge is -2.40. The van der Waals surface area contributed by atoms with Crippen molar-refractivity contribution in [3.63, 3.8) is 0 Å². The highest BCUT2D eigenvalue weighted by Crippen LogP contribution is 2.17. The standard InChI is InChI=1S/C8H17NO4S/c1-8(6-10,7-11)9-2-4-14(12,13)5-3-9/h10-11H,2-7H2,1H3. The molecule has 2 N–H and O–H groups in total. The Hall–Kier alpha value is -0.170. The summed E-state index contributed by atoms with van der Waals surface area (Å²) in [6.07, 6.45) is 0. The van der Waals surface area contributed by atoms with Crippen LogP contribution in [0, 0.1) is 0 Å². The molecule has 1 heterocycles. The zero-order valence-electron chi connectivity index (χ0n) is 8.31. The van der Waals surface area contributed by atoms with E-state index in [1.807, 2.05) is 4.90 Å². The van der Waals surface area contributed by atoms with Crippen molar-refractivity contribution in [3.05, 3.63) is 0 Å². The average Bonchev–Trinajstić information content (AvgIpc) is 2.16. The molecule has 0 radical (unpaired) electrons. The van der Waals surface area contributed by atoms with E-state index in [4.69, 9.17) is 10.2 Å². The van der Waals surface area contributed by atoms with E-state index in [-0.39, 0.29) is 24.7 Å². The lowest BCUT2D eigenvalue weighted by atomic mass is 10.0. The second-order valence-corrected chi connectivity index (χ2v) is 6.26. The number of hydrogen-bond donors (Lipinski definition) is 2. The monoisotopic (exact) mass is 223 g/mol. The van der Waals surface area contributed by atoms with Crippen LogP contribution in [0.4, 0.5) is 0 Å². The van der Waals surface area contributed by atoms with Gasteiger partial charge in [-0.3, -0.25) is 4.90 Å². The highest BCUT2D eigenvalue weighted by Gasteiger charge is 2.34. The predicted molar refractivity (Wildman–Crippen MR) is 52.8 cm³/mol. The maximum Gasteiger partial charge on any atom is 0.152 e. The molecule has 0 amide bonds. The zero-order valence-corrected chi connectivity index (χ0v) is 9.13. The lowest BCUT2D eigenvalue weighted by molar-refractivity contribution is 0.00447. The van der Waals surface area contributed by atoms with Crippen molar-refractivity contribution in [2.45, 2.75) is 12.5 Å². The number of aliphatic hydroxyl groups excluding tert-OH is 2. The molecule has 0 atom stereocenters. The Morgan fingerprint density at radius 2 is 1.64 bits per heavy atom. The summed E-state index contributed by atoms with van der Waals surface area (Å²) in [5.74, 6) is 0.227. The number of sulfone groups is 1. The van der Waals surface area contributed by atoms with E-state index < -0.39 is 15.4 Å². The van der Waals surface area contributed by atoms with Crippen LogP contribution in [-0.4, -0.2) is 66.9 Å². The van der Waals surface area contributed by atoms with Crippen molar-refractivity contribution in [2.75, 3.05) is 37.8 Å². The Morgan fingerprint density at radius 1 is 1.21 bits per heavy atom. The molecule has 0 aliphatic carbocycles. The Balaban J connectivity index is 2.65. The number of nitrogens with zero attached hydrogens (tertiary/aromatic N) is 1. The first-order valence-electron chi connectivity index (χ1n) is 4.61. The van der Waals surface area contributed by atoms with Crippen molar-refractivity contribution in [2.24, 2.45) is 0 Å². The summed E-state index contributed by atoms with van der Waals surface area (Å²) in [4.78, 5) is 1.83. The largest absolute Gasteiger partial charge is 0.394 e. The molecule has 1 fully saturated rings. The molecule has 1 aliphatic heterocycles. The highest BCUT2D eigenvalue weighted by molar-refractivity contribution is 7.91.